The van der Waals surface area contributed by atoms with Crippen molar-refractivity contribution in [2.45, 2.75) is 31.1 Å². The van der Waals surface area contributed by atoms with Gasteiger partial charge >= 0.3 is 11.8 Å². The van der Waals surface area contributed by atoms with Crippen LogP contribution in [0.3, 0.4) is 0 Å². The van der Waals surface area contributed by atoms with Gasteiger partial charge in [-0.15, -0.1) is 0 Å². The van der Waals surface area contributed by atoms with Gasteiger partial charge in [-0.25, -0.2) is 8.42 Å². The van der Waals surface area contributed by atoms with Crippen LogP contribution in [0.15, 0.2) is 33.7 Å². The molecule has 10 heteroatoms. The highest BCUT2D eigenvalue weighted by Crippen LogP contribution is 2.26. The number of aromatic nitrogens is 1. The lowest BCUT2D eigenvalue weighted by atomic mass is 10.1. The van der Waals surface area contributed by atoms with Crippen LogP contribution in [0, 0.1) is 6.92 Å². The summed E-state index contributed by atoms with van der Waals surface area (Å²) in [6, 6.07) is 6.82. The second kappa shape index (κ2) is 7.60. The van der Waals surface area contributed by atoms with E-state index >= 15 is 0 Å². The second-order valence-corrected chi connectivity index (χ2v) is 9.20. The monoisotopic (exact) mass is 418 g/mol. The van der Waals surface area contributed by atoms with E-state index in [4.69, 9.17) is 4.52 Å². The molecule has 2 heterocycles. The van der Waals surface area contributed by atoms with Gasteiger partial charge < -0.3 is 9.42 Å². The van der Waals surface area contributed by atoms with Gasteiger partial charge in [-0.3, -0.25) is 14.9 Å². The molecule has 29 heavy (non-hydrogen) atoms. The van der Waals surface area contributed by atoms with Crippen LogP contribution in [0.4, 0.5) is 5.82 Å². The zero-order valence-electron chi connectivity index (χ0n) is 16.1. The van der Waals surface area contributed by atoms with Crippen molar-refractivity contribution in [2.75, 3.05) is 31.5 Å². The summed E-state index contributed by atoms with van der Waals surface area (Å²) in [6.07, 6.45) is 2.95. The summed E-state index contributed by atoms with van der Waals surface area (Å²) in [5.41, 5.74) is 2.31. The van der Waals surface area contributed by atoms with Gasteiger partial charge in [-0.05, 0) is 49.4 Å². The molecule has 4 rings (SSSR count). The molecule has 1 aromatic heterocycles. The van der Waals surface area contributed by atoms with Crippen molar-refractivity contribution >= 4 is 27.7 Å². The molecule has 1 aromatic carbocycles. The van der Waals surface area contributed by atoms with E-state index in [0.717, 1.165) is 24.8 Å². The Morgan fingerprint density at radius 2 is 1.79 bits per heavy atom. The minimum absolute atomic E-state index is 0.140. The van der Waals surface area contributed by atoms with Crippen molar-refractivity contribution in [1.82, 2.24) is 14.4 Å². The number of fused-ring (bicyclic) bond motifs is 1. The maximum atomic E-state index is 13.0. The number of benzene rings is 1. The Kier molecular flexibility index (Phi) is 5.13. The van der Waals surface area contributed by atoms with Crippen molar-refractivity contribution < 1.29 is 22.5 Å². The molecule has 0 bridgehead atoms. The summed E-state index contributed by atoms with van der Waals surface area (Å²) in [5.74, 6) is -0.870. The Bertz CT molecular complexity index is 1050. The van der Waals surface area contributed by atoms with Crippen LogP contribution in [0.25, 0.3) is 0 Å². The molecular formula is C19H22N4O5S. The summed E-state index contributed by atoms with van der Waals surface area (Å²) in [7, 11) is -3.63. The smallest absolute Gasteiger partial charge is 0.315 e. The quantitative estimate of drug-likeness (QED) is 0.743. The molecule has 0 unspecified atom stereocenters. The van der Waals surface area contributed by atoms with Crippen LogP contribution in [0.1, 0.15) is 23.3 Å². The number of rotatable bonds is 3. The molecular weight excluding hydrogens is 396 g/mol. The first-order chi connectivity index (χ1) is 13.8. The lowest BCUT2D eigenvalue weighted by Gasteiger charge is -2.33. The van der Waals surface area contributed by atoms with Crippen molar-refractivity contribution in [3.63, 3.8) is 0 Å². The van der Waals surface area contributed by atoms with Crippen LogP contribution in [-0.4, -0.2) is 60.8 Å². The van der Waals surface area contributed by atoms with Crippen LogP contribution < -0.4 is 5.32 Å². The molecule has 1 N–H and O–H groups in total. The van der Waals surface area contributed by atoms with Crippen molar-refractivity contribution in [3.05, 3.63) is 41.2 Å². The summed E-state index contributed by atoms with van der Waals surface area (Å²) < 4.78 is 32.1. The number of carbonyl (C=O) groups excluding carboxylic acids is 2. The van der Waals surface area contributed by atoms with E-state index in [1.54, 1.807) is 19.1 Å². The molecule has 1 aliphatic heterocycles. The molecule has 9 nitrogen and oxygen atoms in total. The minimum atomic E-state index is -3.63. The average Bonchev–Trinajstić information content (AvgIpc) is 3.35. The number of nitrogens with zero attached hydrogens (tertiary/aromatic N) is 3. The number of anilines is 1. The van der Waals surface area contributed by atoms with Crippen molar-refractivity contribution in [3.8, 4) is 0 Å². The minimum Gasteiger partial charge on any atom is -0.360 e. The fourth-order valence-corrected chi connectivity index (χ4v) is 5.20. The summed E-state index contributed by atoms with van der Waals surface area (Å²) in [6.45, 7) is 2.25. The lowest BCUT2D eigenvalue weighted by molar-refractivity contribution is -0.143. The van der Waals surface area contributed by atoms with Crippen molar-refractivity contribution in [2.24, 2.45) is 0 Å². The van der Waals surface area contributed by atoms with E-state index in [0.29, 0.717) is 5.76 Å². The zero-order valence-corrected chi connectivity index (χ0v) is 16.9. The second-order valence-electron chi connectivity index (χ2n) is 7.26. The first-order valence-electron chi connectivity index (χ1n) is 9.50. The highest BCUT2D eigenvalue weighted by atomic mass is 32.2. The Labute approximate surface area is 168 Å². The first kappa shape index (κ1) is 19.6. The van der Waals surface area contributed by atoms with Gasteiger partial charge in [0.1, 0.15) is 5.76 Å². The molecule has 1 fully saturated rings. The molecule has 1 aliphatic carbocycles. The van der Waals surface area contributed by atoms with Crippen LogP contribution >= 0.6 is 0 Å². The number of amides is 2. The number of piperazine rings is 1. The molecule has 0 radical (unpaired) electrons. The highest BCUT2D eigenvalue weighted by molar-refractivity contribution is 7.89. The predicted octanol–water partition coefficient (Wildman–Crippen LogP) is 0.943. The number of aryl methyl sites for hydroxylation is 3. The number of hydrogen-bond acceptors (Lipinski definition) is 6. The molecule has 2 aromatic rings. The third-order valence-corrected chi connectivity index (χ3v) is 7.19. The molecule has 0 saturated carbocycles. The fraction of sp³-hybridized carbons (Fsp3) is 0.421. The number of nitrogens with one attached hydrogen (secondary N) is 1. The number of sulfonamides is 1. The SMILES string of the molecule is Cc1cc(NC(=O)C(=O)N2CCN(S(=O)(=O)c3ccc4c(c3)CCC4)CC2)no1. The van der Waals surface area contributed by atoms with Gasteiger partial charge in [0.15, 0.2) is 5.82 Å². The Morgan fingerprint density at radius 3 is 2.48 bits per heavy atom. The first-order valence-corrected chi connectivity index (χ1v) is 10.9. The summed E-state index contributed by atoms with van der Waals surface area (Å²) in [5, 5.41) is 6.00. The maximum Gasteiger partial charge on any atom is 0.315 e. The van der Waals surface area contributed by atoms with E-state index < -0.39 is 21.8 Å². The Balaban J connectivity index is 1.38. The van der Waals surface area contributed by atoms with Gasteiger partial charge in [-0.2, -0.15) is 4.31 Å². The molecule has 2 amide bonds. The highest BCUT2D eigenvalue weighted by Gasteiger charge is 2.32. The molecule has 154 valence electrons. The Hall–Kier alpha value is -2.72. The van der Waals surface area contributed by atoms with E-state index in [9.17, 15) is 18.0 Å². The van der Waals surface area contributed by atoms with Gasteiger partial charge in [-0.1, -0.05) is 11.2 Å². The molecule has 0 atom stereocenters. The van der Waals surface area contributed by atoms with Crippen LogP contribution in [0.2, 0.25) is 0 Å². The molecule has 0 spiro atoms. The maximum absolute atomic E-state index is 13.0. The van der Waals surface area contributed by atoms with E-state index in [1.165, 1.54) is 20.8 Å². The van der Waals surface area contributed by atoms with E-state index in [1.807, 2.05) is 6.07 Å². The van der Waals surface area contributed by atoms with Gasteiger partial charge in [0.2, 0.25) is 10.0 Å². The Morgan fingerprint density at radius 1 is 1.07 bits per heavy atom. The summed E-state index contributed by atoms with van der Waals surface area (Å²) in [4.78, 5) is 26.1. The standard InChI is InChI=1S/C19H22N4O5S/c1-13-11-17(21-28-13)20-18(24)19(25)22-7-9-23(10-8-22)29(26,27)16-6-5-14-3-2-4-15(14)12-16/h5-6,11-12H,2-4,7-10H2,1H3,(H,20,21,24). The zero-order chi connectivity index (χ0) is 20.6. The summed E-state index contributed by atoms with van der Waals surface area (Å²) >= 11 is 0. The average molecular weight is 418 g/mol. The molecule has 2 aliphatic rings. The largest absolute Gasteiger partial charge is 0.360 e. The van der Waals surface area contributed by atoms with E-state index in [2.05, 4.69) is 10.5 Å². The van der Waals surface area contributed by atoms with E-state index in [-0.39, 0.29) is 36.9 Å². The van der Waals surface area contributed by atoms with Gasteiger partial charge in [0.05, 0.1) is 4.90 Å². The topological polar surface area (TPSA) is 113 Å². The van der Waals surface area contributed by atoms with Gasteiger partial charge in [0.25, 0.3) is 0 Å². The van der Waals surface area contributed by atoms with Crippen LogP contribution in [-0.2, 0) is 32.5 Å². The lowest BCUT2D eigenvalue weighted by Crippen LogP contribution is -2.52. The van der Waals surface area contributed by atoms with Crippen molar-refractivity contribution in [1.29, 1.82) is 0 Å². The fourth-order valence-electron chi connectivity index (χ4n) is 3.73. The number of carbonyl (C=O) groups is 2. The van der Waals surface area contributed by atoms with Gasteiger partial charge in [0, 0.05) is 32.2 Å². The number of hydrogen-bond donors (Lipinski definition) is 1. The molecule has 1 saturated heterocycles. The predicted molar refractivity (Wildman–Crippen MR) is 104 cm³/mol. The third-order valence-electron chi connectivity index (χ3n) is 5.30. The van der Waals surface area contributed by atoms with Crippen LogP contribution in [0.5, 0.6) is 0 Å². The normalized spacial score (nSPS) is 17.2. The third kappa shape index (κ3) is 3.90.